The minimum atomic E-state index is -0.352. The maximum absolute atomic E-state index is 13.6. The summed E-state index contributed by atoms with van der Waals surface area (Å²) in [6.07, 6.45) is 2.01. The number of rotatable bonds is 5. The molecule has 0 aliphatic rings. The smallest absolute Gasteiger partial charge is 0.128 e. The van der Waals surface area contributed by atoms with E-state index in [4.69, 9.17) is 0 Å². The van der Waals surface area contributed by atoms with Crippen molar-refractivity contribution in [3.05, 3.63) is 34.9 Å². The fraction of sp³-hybridized carbons (Fsp3) is 0.500. The predicted octanol–water partition coefficient (Wildman–Crippen LogP) is 3.29. The molecule has 0 fully saturated rings. The van der Waals surface area contributed by atoms with Crippen molar-refractivity contribution in [1.82, 2.24) is 5.32 Å². The van der Waals surface area contributed by atoms with Crippen molar-refractivity contribution in [2.45, 2.75) is 19.9 Å². The fourth-order valence-electron chi connectivity index (χ4n) is 1.48. The summed E-state index contributed by atoms with van der Waals surface area (Å²) in [5.74, 6) is 0.262. The van der Waals surface area contributed by atoms with Gasteiger partial charge in [-0.25, -0.2) is 8.78 Å². The zero-order valence-corrected chi connectivity index (χ0v) is 10.6. The van der Waals surface area contributed by atoms with E-state index < -0.39 is 0 Å². The van der Waals surface area contributed by atoms with E-state index in [0.29, 0.717) is 11.1 Å². The lowest BCUT2D eigenvalue weighted by Crippen LogP contribution is -2.22. The summed E-state index contributed by atoms with van der Waals surface area (Å²) in [5, 5.41) is 3.16. The number of halogens is 2. The second kappa shape index (κ2) is 6.21. The van der Waals surface area contributed by atoms with Gasteiger partial charge in [0.1, 0.15) is 11.6 Å². The van der Waals surface area contributed by atoms with Gasteiger partial charge in [0.2, 0.25) is 0 Å². The maximum atomic E-state index is 13.6. The number of hydrogen-bond donors (Lipinski definition) is 1. The minimum absolute atomic E-state index is 0.165. The van der Waals surface area contributed by atoms with Gasteiger partial charge in [0, 0.05) is 23.9 Å². The quantitative estimate of drug-likeness (QED) is 0.799. The van der Waals surface area contributed by atoms with E-state index in [9.17, 15) is 8.78 Å². The summed E-state index contributed by atoms with van der Waals surface area (Å²) in [4.78, 5) is 0. The largest absolute Gasteiger partial charge is 0.309 e. The lowest BCUT2D eigenvalue weighted by atomic mass is 10.1. The first-order chi connectivity index (χ1) is 7.56. The Morgan fingerprint density at radius 2 is 2.00 bits per heavy atom. The Balaban J connectivity index is 2.75. The van der Waals surface area contributed by atoms with Crippen LogP contribution in [0.1, 0.15) is 24.1 Å². The lowest BCUT2D eigenvalue weighted by Gasteiger charge is -2.15. The van der Waals surface area contributed by atoms with Crippen molar-refractivity contribution in [3.63, 3.8) is 0 Å². The van der Waals surface area contributed by atoms with Crippen LogP contribution in [0.25, 0.3) is 0 Å². The van der Waals surface area contributed by atoms with Gasteiger partial charge < -0.3 is 5.32 Å². The van der Waals surface area contributed by atoms with Crippen molar-refractivity contribution in [2.75, 3.05) is 18.6 Å². The van der Waals surface area contributed by atoms with Gasteiger partial charge in [0.25, 0.3) is 0 Å². The zero-order valence-electron chi connectivity index (χ0n) is 9.81. The van der Waals surface area contributed by atoms with Gasteiger partial charge in [-0.05, 0) is 37.8 Å². The van der Waals surface area contributed by atoms with Crippen LogP contribution in [0.3, 0.4) is 0 Å². The topological polar surface area (TPSA) is 12.0 Å². The van der Waals surface area contributed by atoms with Crippen LogP contribution in [0, 0.1) is 18.6 Å². The third kappa shape index (κ3) is 3.46. The van der Waals surface area contributed by atoms with Gasteiger partial charge >= 0.3 is 0 Å². The Morgan fingerprint density at radius 1 is 1.31 bits per heavy atom. The van der Waals surface area contributed by atoms with Crippen LogP contribution in [-0.4, -0.2) is 18.6 Å². The second-order valence-electron chi connectivity index (χ2n) is 3.79. The first-order valence-corrected chi connectivity index (χ1v) is 6.63. The minimum Gasteiger partial charge on any atom is -0.309 e. The zero-order chi connectivity index (χ0) is 12.1. The van der Waals surface area contributed by atoms with E-state index in [0.717, 1.165) is 12.3 Å². The number of thioether (sulfide) groups is 1. The van der Waals surface area contributed by atoms with Crippen LogP contribution in [0.2, 0.25) is 0 Å². The standard InChI is InChI=1S/C12H17F2NS/c1-8-6-12(14)10(7-11(8)13)9(2)15-4-5-16-3/h6-7,9,15H,4-5H2,1-3H3. The summed E-state index contributed by atoms with van der Waals surface area (Å²) in [6, 6.07) is 2.36. The lowest BCUT2D eigenvalue weighted by molar-refractivity contribution is 0.528. The summed E-state index contributed by atoms with van der Waals surface area (Å²) in [6.45, 7) is 4.19. The van der Waals surface area contributed by atoms with Gasteiger partial charge in [0.05, 0.1) is 0 Å². The van der Waals surface area contributed by atoms with E-state index in [2.05, 4.69) is 5.32 Å². The highest BCUT2D eigenvalue weighted by atomic mass is 32.2. The number of aryl methyl sites for hydroxylation is 1. The van der Waals surface area contributed by atoms with E-state index in [1.54, 1.807) is 18.7 Å². The Kier molecular flexibility index (Phi) is 5.22. The molecular formula is C12H17F2NS. The molecule has 0 bridgehead atoms. The Bertz CT molecular complexity index is 355. The third-order valence-electron chi connectivity index (χ3n) is 2.50. The monoisotopic (exact) mass is 245 g/mol. The highest BCUT2D eigenvalue weighted by Gasteiger charge is 2.12. The van der Waals surface area contributed by atoms with Crippen LogP contribution in [0.15, 0.2) is 12.1 Å². The molecule has 1 rings (SSSR count). The maximum Gasteiger partial charge on any atom is 0.128 e. The van der Waals surface area contributed by atoms with Crippen molar-refractivity contribution < 1.29 is 8.78 Å². The molecule has 0 amide bonds. The second-order valence-corrected chi connectivity index (χ2v) is 4.78. The summed E-state index contributed by atoms with van der Waals surface area (Å²) < 4.78 is 26.9. The van der Waals surface area contributed by atoms with Crippen LogP contribution in [-0.2, 0) is 0 Å². The fourth-order valence-corrected chi connectivity index (χ4v) is 1.80. The molecular weight excluding hydrogens is 228 g/mol. The van der Waals surface area contributed by atoms with Crippen LogP contribution in [0.4, 0.5) is 8.78 Å². The molecule has 1 aromatic rings. The van der Waals surface area contributed by atoms with Gasteiger partial charge in [-0.3, -0.25) is 0 Å². The Hall–Kier alpha value is -0.610. The first kappa shape index (κ1) is 13.5. The molecule has 1 atom stereocenters. The predicted molar refractivity (Wildman–Crippen MR) is 65.9 cm³/mol. The van der Waals surface area contributed by atoms with Gasteiger partial charge in [-0.1, -0.05) is 0 Å². The van der Waals surface area contributed by atoms with Crippen molar-refractivity contribution in [3.8, 4) is 0 Å². The molecule has 0 spiro atoms. The molecule has 0 aliphatic heterocycles. The molecule has 1 nitrogen and oxygen atoms in total. The van der Waals surface area contributed by atoms with Crippen molar-refractivity contribution in [2.24, 2.45) is 0 Å². The molecule has 16 heavy (non-hydrogen) atoms. The van der Waals surface area contributed by atoms with Crippen molar-refractivity contribution in [1.29, 1.82) is 0 Å². The number of nitrogens with one attached hydrogen (secondary N) is 1. The molecule has 4 heteroatoms. The van der Waals surface area contributed by atoms with E-state index >= 15 is 0 Å². The molecule has 1 N–H and O–H groups in total. The molecule has 0 aliphatic carbocycles. The van der Waals surface area contributed by atoms with E-state index in [-0.39, 0.29) is 17.7 Å². The van der Waals surface area contributed by atoms with E-state index in [1.165, 1.54) is 12.1 Å². The molecule has 0 aromatic heterocycles. The Morgan fingerprint density at radius 3 is 2.62 bits per heavy atom. The van der Waals surface area contributed by atoms with Crippen LogP contribution < -0.4 is 5.32 Å². The highest BCUT2D eigenvalue weighted by Crippen LogP contribution is 2.20. The molecule has 0 saturated heterocycles. The number of hydrogen-bond acceptors (Lipinski definition) is 2. The average molecular weight is 245 g/mol. The molecule has 1 unspecified atom stereocenters. The molecule has 90 valence electrons. The third-order valence-corrected chi connectivity index (χ3v) is 3.11. The molecule has 0 radical (unpaired) electrons. The number of benzene rings is 1. The van der Waals surface area contributed by atoms with Gasteiger partial charge in [-0.2, -0.15) is 11.8 Å². The van der Waals surface area contributed by atoms with E-state index in [1.807, 2.05) is 13.2 Å². The summed E-state index contributed by atoms with van der Waals surface area (Å²) >= 11 is 1.72. The van der Waals surface area contributed by atoms with Crippen LogP contribution in [0.5, 0.6) is 0 Å². The SMILES string of the molecule is CSCCNC(C)c1cc(F)c(C)cc1F. The van der Waals surface area contributed by atoms with Crippen LogP contribution >= 0.6 is 11.8 Å². The molecule has 1 aromatic carbocycles. The average Bonchev–Trinajstić information content (AvgIpc) is 2.23. The van der Waals surface area contributed by atoms with Gasteiger partial charge in [-0.15, -0.1) is 0 Å². The summed E-state index contributed by atoms with van der Waals surface area (Å²) in [7, 11) is 0. The van der Waals surface area contributed by atoms with Crippen molar-refractivity contribution >= 4 is 11.8 Å². The first-order valence-electron chi connectivity index (χ1n) is 5.24. The molecule has 0 saturated carbocycles. The Labute approximate surface area is 99.6 Å². The summed E-state index contributed by atoms with van der Waals surface area (Å²) in [5.41, 5.74) is 0.738. The van der Waals surface area contributed by atoms with Gasteiger partial charge in [0.15, 0.2) is 0 Å². The normalized spacial score (nSPS) is 12.8. The molecule has 0 heterocycles. The highest BCUT2D eigenvalue weighted by molar-refractivity contribution is 7.98.